The van der Waals surface area contributed by atoms with E-state index in [9.17, 15) is 0 Å². The molecule has 0 saturated heterocycles. The molecule has 0 aromatic rings. The van der Waals surface area contributed by atoms with Crippen molar-refractivity contribution >= 4 is 14.0 Å². The second kappa shape index (κ2) is 10.9. The van der Waals surface area contributed by atoms with E-state index in [1.165, 1.54) is 0 Å². The molecule has 0 unspecified atom stereocenters. The van der Waals surface area contributed by atoms with Gasteiger partial charge in [-0.15, -0.1) is 0 Å². The van der Waals surface area contributed by atoms with E-state index in [2.05, 4.69) is 0 Å². The van der Waals surface area contributed by atoms with Crippen LogP contribution in [0.25, 0.3) is 0 Å². The first-order valence-electron chi connectivity index (χ1n) is 1.38. The van der Waals surface area contributed by atoms with Crippen molar-refractivity contribution in [3.05, 3.63) is 0 Å². The molecule has 11 heavy (non-hydrogen) atoms. The third kappa shape index (κ3) is 1070. The Kier molecular flexibility index (Phi) is 22.4. The third-order valence-corrected chi connectivity index (χ3v) is 0. The molecule has 0 atom stereocenters. The molecule has 0 aromatic carbocycles. The summed E-state index contributed by atoms with van der Waals surface area (Å²) in [5, 5.41) is 13.9. The van der Waals surface area contributed by atoms with Gasteiger partial charge in [0.25, 0.3) is 0 Å². The number of carboxylic acid groups (broad SMARTS) is 2. The Hall–Kier alpha value is 0.899. The SMILES string of the molecule is O=C(O)O.O=P([O-])([O-])[O-].[Fe+2].[Na+]. The maximum absolute atomic E-state index is 8.56. The zero-order chi connectivity index (χ0) is 8.08. The van der Waals surface area contributed by atoms with Gasteiger partial charge in [0.05, 0.1) is 0 Å². The van der Waals surface area contributed by atoms with Gasteiger partial charge in [-0.1, -0.05) is 0 Å². The first kappa shape index (κ1) is 22.7. The van der Waals surface area contributed by atoms with Gasteiger partial charge < -0.3 is 29.5 Å². The predicted octanol–water partition coefficient (Wildman–Crippen LogP) is -5.60. The van der Waals surface area contributed by atoms with Crippen molar-refractivity contribution in [3.63, 3.8) is 0 Å². The molecule has 0 radical (unpaired) electrons. The molecule has 0 aliphatic rings. The molecule has 0 saturated carbocycles. The molecule has 0 aromatic heterocycles. The summed E-state index contributed by atoms with van der Waals surface area (Å²) < 4.78 is 8.55. The van der Waals surface area contributed by atoms with Crippen molar-refractivity contribution in [1.29, 1.82) is 0 Å². The van der Waals surface area contributed by atoms with Crippen molar-refractivity contribution in [3.8, 4) is 0 Å². The second-order valence-electron chi connectivity index (χ2n) is 0.730. The quantitative estimate of drug-likeness (QED) is 0.315. The fourth-order valence-electron chi connectivity index (χ4n) is 0. The summed E-state index contributed by atoms with van der Waals surface area (Å²) in [5.74, 6) is 0. The molecule has 0 spiro atoms. The zero-order valence-electron chi connectivity index (χ0n) is 5.24. The second-order valence-corrected chi connectivity index (χ2v) is 1.62. The minimum atomic E-state index is -5.39. The van der Waals surface area contributed by atoms with Crippen LogP contribution in [-0.4, -0.2) is 16.4 Å². The molecular formula is CH2FeNaO7P. The van der Waals surface area contributed by atoms with Crippen LogP contribution in [0, 0.1) is 0 Å². The molecule has 7 nitrogen and oxygen atoms in total. The van der Waals surface area contributed by atoms with E-state index in [-0.39, 0.29) is 46.6 Å². The van der Waals surface area contributed by atoms with Crippen molar-refractivity contribution in [2.24, 2.45) is 0 Å². The van der Waals surface area contributed by atoms with Crippen molar-refractivity contribution in [2.45, 2.75) is 0 Å². The molecule has 2 N–H and O–H groups in total. The standard InChI is InChI=1S/CH2O3.Fe.Na.H3O4P/c2-1(3)4;;;1-5(2,3)4/h(H2,2,3,4);;;(H3,1,2,3,4)/q;+2;+1;/p-3. The van der Waals surface area contributed by atoms with Crippen LogP contribution in [0.3, 0.4) is 0 Å². The number of carbonyl (C=O) groups is 1. The van der Waals surface area contributed by atoms with Gasteiger partial charge in [0.2, 0.25) is 0 Å². The summed E-state index contributed by atoms with van der Waals surface area (Å²) in [5.41, 5.74) is 0. The molecule has 0 bridgehead atoms. The third-order valence-electron chi connectivity index (χ3n) is 0. The molecule has 0 aliphatic heterocycles. The van der Waals surface area contributed by atoms with Crippen LogP contribution < -0.4 is 44.2 Å². The maximum Gasteiger partial charge on any atom is 2.00 e. The van der Waals surface area contributed by atoms with Crippen LogP contribution in [-0.2, 0) is 21.6 Å². The Bertz CT molecular complexity index is 118. The normalized spacial score (nSPS) is 7.55. The number of rotatable bonds is 0. The van der Waals surface area contributed by atoms with Gasteiger partial charge >= 0.3 is 52.8 Å². The fourth-order valence-corrected chi connectivity index (χ4v) is 0. The summed E-state index contributed by atoms with van der Waals surface area (Å²) in [7, 11) is -5.39. The van der Waals surface area contributed by atoms with Crippen LogP contribution in [0.15, 0.2) is 0 Å². The zero-order valence-corrected chi connectivity index (χ0v) is 9.24. The van der Waals surface area contributed by atoms with Crippen LogP contribution in [0.5, 0.6) is 0 Å². The molecule has 0 heterocycles. The first-order chi connectivity index (χ1) is 3.73. The van der Waals surface area contributed by atoms with Crippen LogP contribution in [0.1, 0.15) is 0 Å². The van der Waals surface area contributed by atoms with E-state index in [1.54, 1.807) is 0 Å². The van der Waals surface area contributed by atoms with Crippen molar-refractivity contribution in [1.82, 2.24) is 0 Å². The van der Waals surface area contributed by atoms with Gasteiger partial charge in [-0.25, -0.2) is 4.79 Å². The predicted molar refractivity (Wildman–Crippen MR) is 18.3 cm³/mol. The smallest absolute Gasteiger partial charge is 0.822 e. The molecule has 62 valence electrons. The Morgan fingerprint density at radius 1 is 1.18 bits per heavy atom. The van der Waals surface area contributed by atoms with Crippen LogP contribution in [0.4, 0.5) is 4.79 Å². The van der Waals surface area contributed by atoms with E-state index in [4.69, 9.17) is 34.3 Å². The number of hydrogen-bond donors (Lipinski definition) is 2. The van der Waals surface area contributed by atoms with Gasteiger partial charge in [-0.05, 0) is 0 Å². The average molecular weight is 236 g/mol. The summed E-state index contributed by atoms with van der Waals surface area (Å²) in [6.45, 7) is 0. The molecule has 0 amide bonds. The largest absolute Gasteiger partial charge is 2.00 e. The Morgan fingerprint density at radius 2 is 1.18 bits per heavy atom. The Labute approximate surface area is 94.4 Å². The van der Waals surface area contributed by atoms with Crippen molar-refractivity contribution in [2.75, 3.05) is 0 Å². The van der Waals surface area contributed by atoms with Gasteiger partial charge in [-0.2, -0.15) is 7.82 Å². The molecule has 0 aliphatic carbocycles. The van der Waals surface area contributed by atoms with Crippen molar-refractivity contribution < 1.29 is 80.9 Å². The van der Waals surface area contributed by atoms with Gasteiger partial charge in [0.1, 0.15) is 0 Å². The fraction of sp³-hybridized carbons (Fsp3) is 0. The van der Waals surface area contributed by atoms with E-state index < -0.39 is 14.0 Å². The van der Waals surface area contributed by atoms with Crippen LogP contribution >= 0.6 is 7.82 Å². The van der Waals surface area contributed by atoms with Gasteiger partial charge in [-0.3, -0.25) is 0 Å². The van der Waals surface area contributed by atoms with Crippen LogP contribution in [0.2, 0.25) is 0 Å². The summed E-state index contributed by atoms with van der Waals surface area (Å²) in [6.07, 6.45) is -1.83. The number of phosphoric acid groups is 1. The monoisotopic (exact) mass is 236 g/mol. The minimum absolute atomic E-state index is 0. The minimum Gasteiger partial charge on any atom is -0.822 e. The maximum atomic E-state index is 8.56. The Morgan fingerprint density at radius 3 is 1.18 bits per heavy atom. The average Bonchev–Trinajstić information content (AvgIpc) is 1.19. The summed E-state index contributed by atoms with van der Waals surface area (Å²) in [6, 6.07) is 0. The first-order valence-corrected chi connectivity index (χ1v) is 2.84. The summed E-state index contributed by atoms with van der Waals surface area (Å²) in [4.78, 5) is 34.2. The Balaban J connectivity index is -0.0000000383. The van der Waals surface area contributed by atoms with E-state index in [0.717, 1.165) is 0 Å². The molecular weight excluding hydrogens is 234 g/mol. The molecule has 10 heteroatoms. The van der Waals surface area contributed by atoms with E-state index in [1.807, 2.05) is 0 Å². The topological polar surface area (TPSA) is 144 Å². The van der Waals surface area contributed by atoms with Gasteiger partial charge in [0.15, 0.2) is 0 Å². The van der Waals surface area contributed by atoms with E-state index >= 15 is 0 Å². The summed E-state index contributed by atoms with van der Waals surface area (Å²) >= 11 is 0. The van der Waals surface area contributed by atoms with E-state index in [0.29, 0.717) is 0 Å². The number of hydrogen-bond acceptors (Lipinski definition) is 5. The molecule has 0 rings (SSSR count). The van der Waals surface area contributed by atoms with Gasteiger partial charge in [0, 0.05) is 0 Å². The molecule has 0 fully saturated rings.